The summed E-state index contributed by atoms with van der Waals surface area (Å²) in [6.45, 7) is 3.83. The Morgan fingerprint density at radius 2 is 2.11 bits per heavy atom. The van der Waals surface area contributed by atoms with Crippen LogP contribution in [-0.4, -0.2) is 30.7 Å². The van der Waals surface area contributed by atoms with Gasteiger partial charge in [-0.25, -0.2) is 14.6 Å². The number of carboxylic acid groups (broad SMARTS) is 1. The molecule has 0 saturated heterocycles. The second-order valence-corrected chi connectivity index (χ2v) is 4.34. The number of fused-ring (bicyclic) bond motifs is 3. The standard InChI is InChI=1S/C12H10N4O3/c1-5-3-4-7-8(6(5)2)10-14-9(11(17)18)15-16(10)12(19)13-7/h3-4H,1-2H3,(H,13,19)(H,17,18). The lowest BCUT2D eigenvalue weighted by Crippen LogP contribution is -2.18. The first-order valence-electron chi connectivity index (χ1n) is 5.61. The van der Waals surface area contributed by atoms with Gasteiger partial charge in [0, 0.05) is 5.39 Å². The van der Waals surface area contributed by atoms with Crippen LogP contribution in [0.2, 0.25) is 0 Å². The molecule has 7 heteroatoms. The first-order valence-corrected chi connectivity index (χ1v) is 5.61. The van der Waals surface area contributed by atoms with Crippen LogP contribution in [0.5, 0.6) is 0 Å². The van der Waals surface area contributed by atoms with Gasteiger partial charge in [-0.15, -0.1) is 5.10 Å². The summed E-state index contributed by atoms with van der Waals surface area (Å²) in [4.78, 5) is 29.4. The zero-order valence-corrected chi connectivity index (χ0v) is 10.3. The molecule has 0 amide bonds. The van der Waals surface area contributed by atoms with Crippen LogP contribution < -0.4 is 5.69 Å². The molecule has 1 aromatic carbocycles. The van der Waals surface area contributed by atoms with Crippen molar-refractivity contribution in [2.24, 2.45) is 0 Å². The normalized spacial score (nSPS) is 11.3. The van der Waals surface area contributed by atoms with Gasteiger partial charge in [-0.2, -0.15) is 4.52 Å². The number of hydrogen-bond donors (Lipinski definition) is 2. The highest BCUT2D eigenvalue weighted by Crippen LogP contribution is 2.22. The zero-order chi connectivity index (χ0) is 13.7. The molecule has 0 aliphatic rings. The van der Waals surface area contributed by atoms with Crippen molar-refractivity contribution in [1.82, 2.24) is 19.6 Å². The average molecular weight is 258 g/mol. The van der Waals surface area contributed by atoms with E-state index in [1.165, 1.54) is 0 Å². The number of carbonyl (C=O) groups is 1. The van der Waals surface area contributed by atoms with E-state index < -0.39 is 11.7 Å². The van der Waals surface area contributed by atoms with Crippen molar-refractivity contribution in [3.05, 3.63) is 39.6 Å². The number of aromatic nitrogens is 4. The molecule has 3 rings (SSSR count). The number of carboxylic acids is 1. The van der Waals surface area contributed by atoms with E-state index in [-0.39, 0.29) is 11.5 Å². The third-order valence-electron chi connectivity index (χ3n) is 3.19. The summed E-state index contributed by atoms with van der Waals surface area (Å²) in [6.07, 6.45) is 0. The Bertz CT molecular complexity index is 891. The first kappa shape index (κ1) is 11.4. The monoisotopic (exact) mass is 258 g/mol. The summed E-state index contributed by atoms with van der Waals surface area (Å²) in [5, 5.41) is 13.3. The Balaban J connectivity index is 2.60. The van der Waals surface area contributed by atoms with Gasteiger partial charge < -0.3 is 10.1 Å². The quantitative estimate of drug-likeness (QED) is 0.675. The van der Waals surface area contributed by atoms with E-state index in [1.807, 2.05) is 19.9 Å². The van der Waals surface area contributed by atoms with E-state index in [4.69, 9.17) is 5.11 Å². The average Bonchev–Trinajstić information content (AvgIpc) is 2.79. The van der Waals surface area contributed by atoms with E-state index in [9.17, 15) is 9.59 Å². The molecule has 0 saturated carbocycles. The van der Waals surface area contributed by atoms with Crippen LogP contribution >= 0.6 is 0 Å². The minimum atomic E-state index is -1.26. The van der Waals surface area contributed by atoms with Gasteiger partial charge in [0.1, 0.15) is 0 Å². The van der Waals surface area contributed by atoms with Gasteiger partial charge in [-0.05, 0) is 31.0 Å². The van der Waals surface area contributed by atoms with Crippen LogP contribution in [0.3, 0.4) is 0 Å². The summed E-state index contributed by atoms with van der Waals surface area (Å²) >= 11 is 0. The molecule has 2 N–H and O–H groups in total. The lowest BCUT2D eigenvalue weighted by Gasteiger charge is -2.05. The minimum absolute atomic E-state index is 0.261. The van der Waals surface area contributed by atoms with Gasteiger partial charge >= 0.3 is 11.7 Å². The lowest BCUT2D eigenvalue weighted by molar-refractivity contribution is 0.0684. The molecule has 3 aromatic rings. The van der Waals surface area contributed by atoms with Gasteiger partial charge in [0.25, 0.3) is 5.82 Å². The van der Waals surface area contributed by atoms with Crippen molar-refractivity contribution < 1.29 is 9.90 Å². The fraction of sp³-hybridized carbons (Fsp3) is 0.167. The highest BCUT2D eigenvalue weighted by Gasteiger charge is 2.16. The number of benzene rings is 1. The Morgan fingerprint density at radius 1 is 1.37 bits per heavy atom. The van der Waals surface area contributed by atoms with Crippen molar-refractivity contribution >= 4 is 22.5 Å². The number of nitrogens with zero attached hydrogens (tertiary/aromatic N) is 3. The predicted molar refractivity (Wildman–Crippen MR) is 67.5 cm³/mol. The van der Waals surface area contributed by atoms with Gasteiger partial charge in [0.2, 0.25) is 0 Å². The summed E-state index contributed by atoms with van der Waals surface area (Å²) in [5.74, 6) is -1.65. The van der Waals surface area contributed by atoms with Crippen LogP contribution in [0.25, 0.3) is 16.6 Å². The molecule has 19 heavy (non-hydrogen) atoms. The molecule has 2 heterocycles. The number of aromatic amines is 1. The summed E-state index contributed by atoms with van der Waals surface area (Å²) < 4.78 is 0.984. The molecule has 0 unspecified atom stereocenters. The van der Waals surface area contributed by atoms with Crippen molar-refractivity contribution in [3.8, 4) is 0 Å². The minimum Gasteiger partial charge on any atom is -0.475 e. The van der Waals surface area contributed by atoms with Crippen molar-refractivity contribution in [3.63, 3.8) is 0 Å². The molecule has 0 fully saturated rings. The third-order valence-corrected chi connectivity index (χ3v) is 3.19. The number of H-pyrrole nitrogens is 1. The highest BCUT2D eigenvalue weighted by atomic mass is 16.4. The van der Waals surface area contributed by atoms with E-state index in [2.05, 4.69) is 15.1 Å². The molecular formula is C12H10N4O3. The van der Waals surface area contributed by atoms with E-state index in [0.29, 0.717) is 10.9 Å². The second-order valence-electron chi connectivity index (χ2n) is 4.34. The summed E-state index contributed by atoms with van der Waals surface area (Å²) in [5.41, 5.74) is 2.33. The number of aryl methyl sites for hydroxylation is 2. The van der Waals surface area contributed by atoms with Crippen LogP contribution in [0.15, 0.2) is 16.9 Å². The first-order chi connectivity index (χ1) is 8.99. The molecular weight excluding hydrogens is 248 g/mol. The van der Waals surface area contributed by atoms with E-state index in [0.717, 1.165) is 15.6 Å². The Hall–Kier alpha value is -2.70. The van der Waals surface area contributed by atoms with Crippen LogP contribution in [0, 0.1) is 13.8 Å². The Kier molecular flexibility index (Phi) is 2.19. The van der Waals surface area contributed by atoms with Crippen molar-refractivity contribution in [2.45, 2.75) is 13.8 Å². The molecule has 0 atom stereocenters. The van der Waals surface area contributed by atoms with Crippen LogP contribution in [0.4, 0.5) is 0 Å². The smallest absolute Gasteiger partial charge is 0.375 e. The fourth-order valence-electron chi connectivity index (χ4n) is 2.08. The van der Waals surface area contributed by atoms with Crippen molar-refractivity contribution in [1.29, 1.82) is 0 Å². The molecule has 0 spiro atoms. The number of aromatic carboxylic acids is 1. The second kappa shape index (κ2) is 3.64. The number of nitrogens with one attached hydrogen (secondary N) is 1. The number of hydrogen-bond acceptors (Lipinski definition) is 4. The maximum absolute atomic E-state index is 11.8. The topological polar surface area (TPSA) is 100 Å². The molecule has 2 aromatic heterocycles. The van der Waals surface area contributed by atoms with E-state index in [1.54, 1.807) is 6.07 Å². The van der Waals surface area contributed by atoms with Gasteiger partial charge in [-0.3, -0.25) is 0 Å². The fourth-order valence-corrected chi connectivity index (χ4v) is 2.08. The predicted octanol–water partition coefficient (Wildman–Crippen LogP) is 0.886. The molecule has 0 aliphatic heterocycles. The number of rotatable bonds is 1. The third kappa shape index (κ3) is 1.51. The molecule has 7 nitrogen and oxygen atoms in total. The van der Waals surface area contributed by atoms with E-state index >= 15 is 0 Å². The Labute approximate surface area is 106 Å². The Morgan fingerprint density at radius 3 is 2.79 bits per heavy atom. The zero-order valence-electron chi connectivity index (χ0n) is 10.3. The lowest BCUT2D eigenvalue weighted by atomic mass is 10.1. The van der Waals surface area contributed by atoms with Gasteiger partial charge in [0.05, 0.1) is 5.52 Å². The maximum Gasteiger partial charge on any atom is 0.375 e. The van der Waals surface area contributed by atoms with Crippen LogP contribution in [-0.2, 0) is 0 Å². The van der Waals surface area contributed by atoms with Gasteiger partial charge in [0.15, 0.2) is 5.65 Å². The SMILES string of the molecule is Cc1ccc2[nH]c(=O)n3nc(C(=O)O)nc3c2c1C. The largest absolute Gasteiger partial charge is 0.475 e. The van der Waals surface area contributed by atoms with Gasteiger partial charge in [-0.1, -0.05) is 6.07 Å². The maximum atomic E-state index is 11.8. The molecule has 0 aliphatic carbocycles. The summed E-state index contributed by atoms with van der Waals surface area (Å²) in [7, 11) is 0. The highest BCUT2D eigenvalue weighted by molar-refractivity contribution is 5.95. The molecule has 0 bridgehead atoms. The van der Waals surface area contributed by atoms with Crippen LogP contribution in [0.1, 0.15) is 21.7 Å². The molecule has 96 valence electrons. The summed E-state index contributed by atoms with van der Waals surface area (Å²) in [6, 6.07) is 3.66. The molecule has 0 radical (unpaired) electrons. The van der Waals surface area contributed by atoms with Crippen molar-refractivity contribution in [2.75, 3.05) is 0 Å².